The molecular formula is C3H5OSW-. The number of carbonyl (C=O) groups excluding carboxylic acids is 1. The number of rotatable bonds is 0. The summed E-state index contributed by atoms with van der Waals surface area (Å²) in [6.45, 7) is 3.08. The Morgan fingerprint density at radius 3 is 2.00 bits per heavy atom. The molecule has 0 saturated heterocycles. The minimum Gasteiger partial charge on any atom is -0.329 e. The van der Waals surface area contributed by atoms with Crippen LogP contribution in [0.2, 0.25) is 0 Å². The van der Waals surface area contributed by atoms with E-state index in [1.165, 1.54) is 0 Å². The van der Waals surface area contributed by atoms with Crippen molar-refractivity contribution in [3.63, 3.8) is 0 Å². The molecule has 0 aromatic carbocycles. The molecule has 1 nitrogen and oxygen atoms in total. The Bertz CT molecular complexity index is 46.1. The molecule has 0 fully saturated rings. The van der Waals surface area contributed by atoms with Crippen LogP contribution in [-0.2, 0) is 25.9 Å². The summed E-state index contributed by atoms with van der Waals surface area (Å²) in [7, 11) is 0. The SMILES string of the molecule is [CH2-]C(=O)SC.[W]. The maximum absolute atomic E-state index is 9.66. The van der Waals surface area contributed by atoms with Gasteiger partial charge in [0.1, 0.15) is 0 Å². The van der Waals surface area contributed by atoms with Crippen LogP contribution < -0.4 is 0 Å². The molecule has 0 bridgehead atoms. The van der Waals surface area contributed by atoms with Crippen LogP contribution in [-0.4, -0.2) is 11.4 Å². The fourth-order valence-corrected chi connectivity index (χ4v) is 0. The van der Waals surface area contributed by atoms with Crippen molar-refractivity contribution < 1.29 is 25.9 Å². The molecule has 0 aromatic rings. The fraction of sp³-hybridized carbons (Fsp3) is 0.333. The standard InChI is InChI=1S/C3H5OS.W/c1-3(4)5-2;/h1H2,2H3;/q-1;. The zero-order valence-electron chi connectivity index (χ0n) is 3.43. The van der Waals surface area contributed by atoms with Crippen molar-refractivity contribution >= 4 is 16.9 Å². The van der Waals surface area contributed by atoms with Gasteiger partial charge in [0, 0.05) is 21.1 Å². The first-order chi connectivity index (χ1) is 2.27. The van der Waals surface area contributed by atoms with Gasteiger partial charge in [-0.3, -0.25) is 0 Å². The van der Waals surface area contributed by atoms with Crippen molar-refractivity contribution in [1.82, 2.24) is 0 Å². The van der Waals surface area contributed by atoms with Crippen molar-refractivity contribution in [2.45, 2.75) is 0 Å². The maximum atomic E-state index is 9.66. The third-order valence-corrected chi connectivity index (χ3v) is 0.683. The average molecular weight is 273 g/mol. The van der Waals surface area contributed by atoms with Crippen LogP contribution in [0.15, 0.2) is 0 Å². The Kier molecular flexibility index (Phi) is 9.08. The van der Waals surface area contributed by atoms with Crippen molar-refractivity contribution in [3.05, 3.63) is 6.92 Å². The Hall–Kier alpha value is 0.578. The van der Waals surface area contributed by atoms with Gasteiger partial charge < -0.3 is 11.7 Å². The van der Waals surface area contributed by atoms with Crippen molar-refractivity contribution in [2.75, 3.05) is 6.26 Å². The van der Waals surface area contributed by atoms with Crippen LogP contribution in [0.1, 0.15) is 0 Å². The van der Waals surface area contributed by atoms with Gasteiger partial charge in [0.05, 0.1) is 5.12 Å². The van der Waals surface area contributed by atoms with E-state index >= 15 is 0 Å². The molecule has 0 rings (SSSR count). The zero-order chi connectivity index (χ0) is 4.28. The van der Waals surface area contributed by atoms with Gasteiger partial charge in [0.2, 0.25) is 0 Å². The summed E-state index contributed by atoms with van der Waals surface area (Å²) < 4.78 is 0. The second-order valence-corrected chi connectivity index (χ2v) is 1.44. The molecule has 0 N–H and O–H groups in total. The van der Waals surface area contributed by atoms with E-state index in [4.69, 9.17) is 0 Å². The summed E-state index contributed by atoms with van der Waals surface area (Å²) in [6, 6.07) is 0. The molecule has 0 saturated carbocycles. The molecule has 3 heteroatoms. The Balaban J connectivity index is 0. The van der Waals surface area contributed by atoms with E-state index in [9.17, 15) is 4.79 Å². The number of hydrogen-bond donors (Lipinski definition) is 0. The molecule has 0 heterocycles. The first-order valence-electron chi connectivity index (χ1n) is 1.17. The largest absolute Gasteiger partial charge is 0.329 e. The van der Waals surface area contributed by atoms with E-state index in [0.29, 0.717) is 0 Å². The maximum Gasteiger partial charge on any atom is 0.0515 e. The molecular weight excluding hydrogens is 268 g/mol. The topological polar surface area (TPSA) is 17.1 Å². The number of carbonyl (C=O) groups is 1. The van der Waals surface area contributed by atoms with Gasteiger partial charge in [0.25, 0.3) is 0 Å². The third-order valence-electron chi connectivity index (χ3n) is 0.228. The molecule has 0 atom stereocenters. The zero-order valence-corrected chi connectivity index (χ0v) is 7.18. The molecule has 36 valence electrons. The summed E-state index contributed by atoms with van der Waals surface area (Å²) in [4.78, 5) is 9.66. The fourth-order valence-electron chi connectivity index (χ4n) is 0. The van der Waals surface area contributed by atoms with Crippen LogP contribution in [0.5, 0.6) is 0 Å². The molecule has 0 aliphatic rings. The summed E-state index contributed by atoms with van der Waals surface area (Å²) in [6.07, 6.45) is 1.70. The molecule has 0 unspecified atom stereocenters. The molecule has 6 heavy (non-hydrogen) atoms. The van der Waals surface area contributed by atoms with E-state index in [1.54, 1.807) is 6.26 Å². The van der Waals surface area contributed by atoms with E-state index in [1.807, 2.05) is 0 Å². The Labute approximate surface area is 56.1 Å². The summed E-state index contributed by atoms with van der Waals surface area (Å²) in [5.41, 5.74) is 0. The van der Waals surface area contributed by atoms with Crippen LogP contribution in [0.25, 0.3) is 0 Å². The number of thioether (sulfide) groups is 1. The van der Waals surface area contributed by atoms with Crippen LogP contribution in [0, 0.1) is 6.92 Å². The third kappa shape index (κ3) is 8.82. The molecule has 0 aliphatic heterocycles. The quantitative estimate of drug-likeness (QED) is 0.604. The van der Waals surface area contributed by atoms with Crippen molar-refractivity contribution in [3.8, 4) is 0 Å². The van der Waals surface area contributed by atoms with Crippen molar-refractivity contribution in [2.24, 2.45) is 0 Å². The van der Waals surface area contributed by atoms with Crippen LogP contribution >= 0.6 is 11.8 Å². The summed E-state index contributed by atoms with van der Waals surface area (Å²) in [5.74, 6) is 0. The predicted molar refractivity (Wildman–Crippen MR) is 23.9 cm³/mol. The van der Waals surface area contributed by atoms with E-state index < -0.39 is 0 Å². The van der Waals surface area contributed by atoms with Gasteiger partial charge in [-0.25, -0.2) is 0 Å². The smallest absolute Gasteiger partial charge is 0.0515 e. The molecule has 0 aromatic heterocycles. The first kappa shape index (κ1) is 9.77. The average Bonchev–Trinajstić information content (AvgIpc) is 1.38. The van der Waals surface area contributed by atoms with E-state index in [0.717, 1.165) is 11.8 Å². The van der Waals surface area contributed by atoms with Gasteiger partial charge in [-0.2, -0.15) is 0 Å². The minimum atomic E-state index is -0.0787. The molecule has 0 aliphatic carbocycles. The first-order valence-corrected chi connectivity index (χ1v) is 2.39. The number of hydrogen-bond acceptors (Lipinski definition) is 2. The molecule has 0 amide bonds. The second kappa shape index (κ2) is 5.58. The van der Waals surface area contributed by atoms with Crippen LogP contribution in [0.3, 0.4) is 0 Å². The van der Waals surface area contributed by atoms with Gasteiger partial charge >= 0.3 is 0 Å². The van der Waals surface area contributed by atoms with E-state index in [2.05, 4.69) is 6.92 Å². The summed E-state index contributed by atoms with van der Waals surface area (Å²) >= 11 is 1.13. The molecule has 0 radical (unpaired) electrons. The van der Waals surface area contributed by atoms with Gasteiger partial charge in [-0.05, 0) is 6.26 Å². The monoisotopic (exact) mass is 273 g/mol. The molecule has 0 spiro atoms. The Morgan fingerprint density at radius 1 is 1.83 bits per heavy atom. The van der Waals surface area contributed by atoms with Gasteiger partial charge in [0.15, 0.2) is 0 Å². The van der Waals surface area contributed by atoms with Gasteiger partial charge in [-0.15, -0.1) is 11.8 Å². The Morgan fingerprint density at radius 2 is 2.00 bits per heavy atom. The minimum absolute atomic E-state index is 0. The van der Waals surface area contributed by atoms with Crippen LogP contribution in [0.4, 0.5) is 0 Å². The predicted octanol–water partition coefficient (Wildman–Crippen LogP) is 0.708. The summed E-state index contributed by atoms with van der Waals surface area (Å²) in [5, 5.41) is -0.0787. The van der Waals surface area contributed by atoms with E-state index in [-0.39, 0.29) is 26.2 Å². The normalized spacial score (nSPS) is 6.17. The van der Waals surface area contributed by atoms with Crippen molar-refractivity contribution in [1.29, 1.82) is 0 Å². The second-order valence-electron chi connectivity index (χ2n) is 0.576. The van der Waals surface area contributed by atoms with Gasteiger partial charge in [-0.1, -0.05) is 0 Å².